The summed E-state index contributed by atoms with van der Waals surface area (Å²) in [5.41, 5.74) is 2.51. The first-order valence-electron chi connectivity index (χ1n) is 3.81. The maximum Gasteiger partial charge on any atom is 0.0627 e. The summed E-state index contributed by atoms with van der Waals surface area (Å²) < 4.78 is 0. The van der Waals surface area contributed by atoms with Crippen molar-refractivity contribution in [2.45, 2.75) is 17.7 Å². The quantitative estimate of drug-likeness (QED) is 0.611. The van der Waals surface area contributed by atoms with Crippen molar-refractivity contribution in [3.63, 3.8) is 0 Å². The highest BCUT2D eigenvalue weighted by atomic mass is 79.9. The van der Waals surface area contributed by atoms with E-state index in [-0.39, 0.29) is 0 Å². The molecule has 0 N–H and O–H groups in total. The average molecular weight is 266 g/mol. The zero-order chi connectivity index (χ0) is 8.72. The van der Waals surface area contributed by atoms with E-state index in [1.54, 1.807) is 0 Å². The fourth-order valence-corrected chi connectivity index (χ4v) is 2.68. The zero-order valence-corrected chi connectivity index (χ0v) is 9.38. The minimum absolute atomic E-state index is 0.460. The molecule has 1 aliphatic rings. The SMILES string of the molecule is Clc1ccc2c(c1Cl)CCC2Br. The van der Waals surface area contributed by atoms with E-state index in [0.29, 0.717) is 9.85 Å². The number of hydrogen-bond donors (Lipinski definition) is 0. The Balaban J connectivity index is 2.60. The number of benzene rings is 1. The molecule has 0 saturated carbocycles. The summed E-state index contributed by atoms with van der Waals surface area (Å²) in [6, 6.07) is 3.91. The molecule has 0 amide bonds. The third-order valence-corrected chi connectivity index (χ3v) is 4.01. The lowest BCUT2D eigenvalue weighted by Crippen LogP contribution is -1.84. The van der Waals surface area contributed by atoms with Gasteiger partial charge in [0.15, 0.2) is 0 Å². The Bertz CT molecular complexity index is 323. The van der Waals surface area contributed by atoms with E-state index < -0.39 is 0 Å². The Morgan fingerprint density at radius 1 is 1.33 bits per heavy atom. The molecular formula is C9H7BrCl2. The average Bonchev–Trinajstić information content (AvgIpc) is 2.41. The highest BCUT2D eigenvalue weighted by Gasteiger charge is 2.22. The molecule has 0 fully saturated rings. The zero-order valence-electron chi connectivity index (χ0n) is 6.28. The molecule has 0 aromatic heterocycles. The first-order chi connectivity index (χ1) is 5.70. The van der Waals surface area contributed by atoms with Crippen LogP contribution in [-0.4, -0.2) is 0 Å². The molecule has 1 aromatic rings. The van der Waals surface area contributed by atoms with Crippen LogP contribution in [0.15, 0.2) is 12.1 Å². The second-order valence-electron chi connectivity index (χ2n) is 2.94. The van der Waals surface area contributed by atoms with Crippen molar-refractivity contribution in [2.24, 2.45) is 0 Å². The van der Waals surface area contributed by atoms with Gasteiger partial charge in [0.25, 0.3) is 0 Å². The smallest absolute Gasteiger partial charge is 0.0627 e. The Kier molecular flexibility index (Phi) is 2.37. The molecule has 1 aromatic carbocycles. The Hall–Kier alpha value is 0.280. The van der Waals surface area contributed by atoms with Crippen molar-refractivity contribution in [2.75, 3.05) is 0 Å². The molecule has 0 radical (unpaired) electrons. The lowest BCUT2D eigenvalue weighted by atomic mass is 10.1. The topological polar surface area (TPSA) is 0 Å². The summed E-state index contributed by atoms with van der Waals surface area (Å²) in [5.74, 6) is 0. The predicted octanol–water partition coefficient (Wildman–Crippen LogP) is 4.38. The molecule has 0 aliphatic heterocycles. The van der Waals surface area contributed by atoms with Crippen LogP contribution in [0.5, 0.6) is 0 Å². The van der Waals surface area contributed by atoms with Gasteiger partial charge in [0.2, 0.25) is 0 Å². The van der Waals surface area contributed by atoms with E-state index in [4.69, 9.17) is 23.2 Å². The third kappa shape index (κ3) is 1.28. The number of hydrogen-bond acceptors (Lipinski definition) is 0. The normalized spacial score (nSPS) is 21.1. The lowest BCUT2D eigenvalue weighted by molar-refractivity contribution is 0.903. The maximum absolute atomic E-state index is 6.05. The first-order valence-corrected chi connectivity index (χ1v) is 5.48. The Morgan fingerprint density at radius 2 is 2.08 bits per heavy atom. The summed E-state index contributed by atoms with van der Waals surface area (Å²) in [4.78, 5) is 0.460. The van der Waals surface area contributed by atoms with Gasteiger partial charge in [0.05, 0.1) is 10.0 Å². The molecule has 0 spiro atoms. The summed E-state index contributed by atoms with van der Waals surface area (Å²) >= 11 is 15.5. The molecule has 0 heterocycles. The molecule has 0 bridgehead atoms. The highest BCUT2D eigenvalue weighted by molar-refractivity contribution is 9.09. The molecule has 1 aliphatic carbocycles. The molecule has 3 heteroatoms. The van der Waals surface area contributed by atoms with Crippen LogP contribution >= 0.6 is 39.1 Å². The van der Waals surface area contributed by atoms with Gasteiger partial charge in [0, 0.05) is 4.83 Å². The number of halogens is 3. The van der Waals surface area contributed by atoms with E-state index in [1.807, 2.05) is 6.07 Å². The van der Waals surface area contributed by atoms with E-state index in [1.165, 1.54) is 11.1 Å². The van der Waals surface area contributed by atoms with Crippen LogP contribution in [-0.2, 0) is 6.42 Å². The molecule has 0 saturated heterocycles. The van der Waals surface area contributed by atoms with Gasteiger partial charge in [-0.15, -0.1) is 0 Å². The molecule has 0 nitrogen and oxygen atoms in total. The van der Waals surface area contributed by atoms with Crippen LogP contribution in [0.2, 0.25) is 10.0 Å². The molecule has 1 unspecified atom stereocenters. The first kappa shape index (κ1) is 8.86. The lowest BCUT2D eigenvalue weighted by Gasteiger charge is -2.05. The van der Waals surface area contributed by atoms with Crippen molar-refractivity contribution in [3.05, 3.63) is 33.3 Å². The van der Waals surface area contributed by atoms with Crippen LogP contribution in [0.1, 0.15) is 22.4 Å². The molecule has 12 heavy (non-hydrogen) atoms. The number of alkyl halides is 1. The van der Waals surface area contributed by atoms with Gasteiger partial charge in [-0.05, 0) is 30.0 Å². The van der Waals surface area contributed by atoms with Crippen molar-refractivity contribution in [1.82, 2.24) is 0 Å². The van der Waals surface area contributed by atoms with Crippen LogP contribution in [0.4, 0.5) is 0 Å². The van der Waals surface area contributed by atoms with E-state index in [2.05, 4.69) is 22.0 Å². The third-order valence-electron chi connectivity index (χ3n) is 2.22. The van der Waals surface area contributed by atoms with E-state index in [9.17, 15) is 0 Å². The Morgan fingerprint density at radius 3 is 2.83 bits per heavy atom. The second kappa shape index (κ2) is 3.21. The van der Waals surface area contributed by atoms with Gasteiger partial charge < -0.3 is 0 Å². The van der Waals surface area contributed by atoms with Gasteiger partial charge >= 0.3 is 0 Å². The maximum atomic E-state index is 6.05. The highest BCUT2D eigenvalue weighted by Crippen LogP contribution is 2.42. The predicted molar refractivity (Wildman–Crippen MR) is 56.5 cm³/mol. The summed E-state index contributed by atoms with van der Waals surface area (Å²) in [7, 11) is 0. The monoisotopic (exact) mass is 264 g/mol. The molecule has 1 atom stereocenters. The summed E-state index contributed by atoms with van der Waals surface area (Å²) in [6.45, 7) is 0. The van der Waals surface area contributed by atoms with E-state index in [0.717, 1.165) is 17.9 Å². The van der Waals surface area contributed by atoms with Crippen molar-refractivity contribution in [3.8, 4) is 0 Å². The van der Waals surface area contributed by atoms with Crippen molar-refractivity contribution >= 4 is 39.1 Å². The minimum Gasteiger partial charge on any atom is -0.0839 e. The van der Waals surface area contributed by atoms with Crippen LogP contribution in [0, 0.1) is 0 Å². The van der Waals surface area contributed by atoms with Gasteiger partial charge in [-0.25, -0.2) is 0 Å². The van der Waals surface area contributed by atoms with Crippen LogP contribution in [0.25, 0.3) is 0 Å². The standard InChI is InChI=1S/C9H7BrCl2/c10-7-3-1-6-5(7)2-4-8(11)9(6)12/h2,4,7H,1,3H2. The van der Waals surface area contributed by atoms with Crippen molar-refractivity contribution in [1.29, 1.82) is 0 Å². The largest absolute Gasteiger partial charge is 0.0839 e. The van der Waals surface area contributed by atoms with Crippen molar-refractivity contribution < 1.29 is 0 Å². The minimum atomic E-state index is 0.460. The van der Waals surface area contributed by atoms with Crippen LogP contribution < -0.4 is 0 Å². The summed E-state index contributed by atoms with van der Waals surface area (Å²) in [6.07, 6.45) is 2.15. The second-order valence-corrected chi connectivity index (χ2v) is 4.83. The number of fused-ring (bicyclic) bond motifs is 1. The fraction of sp³-hybridized carbons (Fsp3) is 0.333. The summed E-state index contributed by atoms with van der Waals surface area (Å²) in [5, 5.41) is 1.40. The molecule has 64 valence electrons. The van der Waals surface area contributed by atoms with Gasteiger partial charge in [-0.3, -0.25) is 0 Å². The van der Waals surface area contributed by atoms with Crippen LogP contribution in [0.3, 0.4) is 0 Å². The number of rotatable bonds is 0. The van der Waals surface area contributed by atoms with Gasteiger partial charge in [-0.2, -0.15) is 0 Å². The van der Waals surface area contributed by atoms with E-state index >= 15 is 0 Å². The van der Waals surface area contributed by atoms with Gasteiger partial charge in [0.1, 0.15) is 0 Å². The molecular weight excluding hydrogens is 259 g/mol. The van der Waals surface area contributed by atoms with Gasteiger partial charge in [-0.1, -0.05) is 45.2 Å². The Labute approximate surface area is 90.0 Å². The fourth-order valence-electron chi connectivity index (χ4n) is 1.58. The molecule has 2 rings (SSSR count).